The second-order valence-electron chi connectivity index (χ2n) is 8.16. The van der Waals surface area contributed by atoms with E-state index < -0.39 is 16.8 Å². The fourth-order valence-corrected chi connectivity index (χ4v) is 4.81. The molecule has 4 aromatic rings. The molecule has 2 aromatic carbocycles. The van der Waals surface area contributed by atoms with Gasteiger partial charge in [-0.3, -0.25) is 14.9 Å². The minimum atomic E-state index is -0.874. The maximum Gasteiger partial charge on any atom is 0.266 e. The van der Waals surface area contributed by atoms with Crippen molar-refractivity contribution in [3.8, 4) is 0 Å². The SMILES string of the molecule is NC(=N[N+](=O)[O-])NCCCn1cc(C2=C(c3c[nH]c4ccccc34)C(=O)NC2=O)c2cccc(Cl)c21. The van der Waals surface area contributed by atoms with E-state index in [1.165, 1.54) is 0 Å². The first-order valence-corrected chi connectivity index (χ1v) is 11.4. The summed E-state index contributed by atoms with van der Waals surface area (Å²) >= 11 is 6.54. The summed E-state index contributed by atoms with van der Waals surface area (Å²) < 4.78 is 1.89. The van der Waals surface area contributed by atoms with Crippen molar-refractivity contribution in [2.24, 2.45) is 10.8 Å². The molecule has 1 aliphatic rings. The number of guanidine groups is 1. The van der Waals surface area contributed by atoms with Crippen molar-refractivity contribution >= 4 is 62.3 Å². The first kappa shape index (κ1) is 23.1. The number of imide groups is 1. The highest BCUT2D eigenvalue weighted by atomic mass is 35.5. The van der Waals surface area contributed by atoms with Gasteiger partial charge in [0, 0.05) is 52.9 Å². The van der Waals surface area contributed by atoms with Gasteiger partial charge in [0.1, 0.15) is 5.10 Å². The van der Waals surface area contributed by atoms with E-state index in [1.807, 2.05) is 34.9 Å². The Labute approximate surface area is 208 Å². The molecule has 1 aliphatic heterocycles. The Hall–Kier alpha value is -4.64. The molecule has 0 bridgehead atoms. The van der Waals surface area contributed by atoms with Crippen LogP contribution >= 0.6 is 11.6 Å². The number of aromatic nitrogens is 2. The molecule has 2 aromatic heterocycles. The van der Waals surface area contributed by atoms with E-state index in [2.05, 4.69) is 20.7 Å². The number of carbonyl (C=O) groups excluding carboxylic acids is 2. The Morgan fingerprint density at radius 1 is 1.08 bits per heavy atom. The van der Waals surface area contributed by atoms with Gasteiger partial charge < -0.3 is 20.6 Å². The lowest BCUT2D eigenvalue weighted by Gasteiger charge is -2.07. The maximum absolute atomic E-state index is 13.1. The van der Waals surface area contributed by atoms with Crippen molar-refractivity contribution in [2.45, 2.75) is 13.0 Å². The molecule has 2 amide bonds. The summed E-state index contributed by atoms with van der Waals surface area (Å²) in [6, 6.07) is 12.9. The number of aromatic amines is 1. The number of rotatable bonds is 7. The summed E-state index contributed by atoms with van der Waals surface area (Å²) in [5.74, 6) is -1.23. The molecule has 5 rings (SSSR count). The zero-order valence-electron chi connectivity index (χ0n) is 18.7. The highest BCUT2D eigenvalue weighted by molar-refractivity contribution is 6.51. The Morgan fingerprint density at radius 3 is 2.58 bits per heavy atom. The van der Waals surface area contributed by atoms with Crippen LogP contribution in [0.15, 0.2) is 60.0 Å². The highest BCUT2D eigenvalue weighted by Gasteiger charge is 2.35. The van der Waals surface area contributed by atoms with Gasteiger partial charge in [-0.05, 0) is 18.6 Å². The average Bonchev–Trinajstić information content (AvgIpc) is 3.49. The van der Waals surface area contributed by atoms with Gasteiger partial charge in [0.15, 0.2) is 5.03 Å². The predicted molar refractivity (Wildman–Crippen MR) is 136 cm³/mol. The van der Waals surface area contributed by atoms with Crippen molar-refractivity contribution in [3.05, 3.63) is 81.1 Å². The van der Waals surface area contributed by atoms with Crippen LogP contribution in [0.5, 0.6) is 0 Å². The summed E-state index contributed by atoms with van der Waals surface area (Å²) in [7, 11) is 0. The van der Waals surface area contributed by atoms with Gasteiger partial charge in [0.05, 0.1) is 21.7 Å². The molecule has 0 radical (unpaired) electrons. The largest absolute Gasteiger partial charge is 0.365 e. The van der Waals surface area contributed by atoms with Crippen molar-refractivity contribution in [1.29, 1.82) is 0 Å². The molecular formula is C24H20ClN7O4. The zero-order valence-corrected chi connectivity index (χ0v) is 19.5. The number of halogens is 1. The van der Waals surface area contributed by atoms with Crippen molar-refractivity contribution in [2.75, 3.05) is 6.54 Å². The van der Waals surface area contributed by atoms with Crippen molar-refractivity contribution in [3.63, 3.8) is 0 Å². The molecule has 0 atom stereocenters. The van der Waals surface area contributed by atoms with E-state index in [-0.39, 0.29) is 11.5 Å². The normalized spacial score (nSPS) is 14.2. The second kappa shape index (κ2) is 9.19. The lowest BCUT2D eigenvalue weighted by Crippen LogP contribution is -2.33. The van der Waals surface area contributed by atoms with Gasteiger partial charge in [0.25, 0.3) is 17.8 Å². The van der Waals surface area contributed by atoms with Gasteiger partial charge in [-0.25, -0.2) is 10.1 Å². The van der Waals surface area contributed by atoms with E-state index in [4.69, 9.17) is 17.3 Å². The number of aryl methyl sites for hydroxylation is 1. The molecule has 0 saturated carbocycles. The molecule has 12 heteroatoms. The summed E-state index contributed by atoms with van der Waals surface area (Å²) in [6.07, 6.45) is 4.06. The standard InChI is InChI=1S/C24H20ClN7O4/c25-17-7-3-6-14-16(12-31(21(14)17)10-4-9-27-24(26)30-32(35)36)20-19(22(33)29-23(20)34)15-11-28-18-8-2-1-5-13(15)18/h1-3,5-8,11-12,28H,4,9-10H2,(H3,26,27,30)(H,29,33,34). The fraction of sp³-hybridized carbons (Fsp3) is 0.125. The zero-order chi connectivity index (χ0) is 25.4. The summed E-state index contributed by atoms with van der Waals surface area (Å²) in [5, 5.41) is 19.7. The number of nitrogens with zero attached hydrogens (tertiary/aromatic N) is 3. The van der Waals surface area contributed by atoms with Crippen LogP contribution in [0.1, 0.15) is 17.5 Å². The van der Waals surface area contributed by atoms with Crippen LogP contribution in [-0.4, -0.2) is 38.9 Å². The Bertz CT molecular complexity index is 1620. The van der Waals surface area contributed by atoms with Crippen LogP contribution in [-0.2, 0) is 16.1 Å². The van der Waals surface area contributed by atoms with Crippen LogP contribution < -0.4 is 16.4 Å². The minimum absolute atomic E-state index is 0.274. The number of nitrogens with two attached hydrogens (primary N) is 1. The van der Waals surface area contributed by atoms with Crippen LogP contribution in [0.2, 0.25) is 5.02 Å². The summed E-state index contributed by atoms with van der Waals surface area (Å²) in [6.45, 7) is 0.787. The van der Waals surface area contributed by atoms with E-state index >= 15 is 0 Å². The summed E-state index contributed by atoms with van der Waals surface area (Å²) in [5.41, 5.74) is 8.81. The van der Waals surface area contributed by atoms with Gasteiger partial charge >= 0.3 is 0 Å². The highest BCUT2D eigenvalue weighted by Crippen LogP contribution is 2.39. The van der Waals surface area contributed by atoms with E-state index in [9.17, 15) is 19.7 Å². The fourth-order valence-electron chi connectivity index (χ4n) is 4.53. The third kappa shape index (κ3) is 4.05. The molecule has 11 nitrogen and oxygen atoms in total. The number of benzene rings is 2. The van der Waals surface area contributed by atoms with Gasteiger partial charge in [-0.2, -0.15) is 0 Å². The second-order valence-corrected chi connectivity index (χ2v) is 8.56. The van der Waals surface area contributed by atoms with Gasteiger partial charge in [0.2, 0.25) is 0 Å². The Balaban J connectivity index is 1.58. The monoisotopic (exact) mass is 505 g/mol. The van der Waals surface area contributed by atoms with Crippen LogP contribution in [0.25, 0.3) is 33.0 Å². The van der Waals surface area contributed by atoms with Crippen LogP contribution in [0.4, 0.5) is 0 Å². The predicted octanol–water partition coefficient (Wildman–Crippen LogP) is 2.83. The van der Waals surface area contributed by atoms with Crippen molar-refractivity contribution < 1.29 is 14.6 Å². The summed E-state index contributed by atoms with van der Waals surface area (Å²) in [4.78, 5) is 39.6. The van der Waals surface area contributed by atoms with Crippen molar-refractivity contribution in [1.82, 2.24) is 20.2 Å². The van der Waals surface area contributed by atoms with Crippen LogP contribution in [0, 0.1) is 10.1 Å². The molecule has 0 saturated heterocycles. The number of carbonyl (C=O) groups is 2. The Kier molecular flexibility index (Phi) is 5.90. The lowest BCUT2D eigenvalue weighted by atomic mass is 9.95. The molecule has 182 valence electrons. The third-order valence-corrected chi connectivity index (χ3v) is 6.28. The molecule has 3 heterocycles. The van der Waals surface area contributed by atoms with Gasteiger partial charge in [-0.15, -0.1) is 0 Å². The number of H-pyrrole nitrogens is 1. The number of nitrogens with one attached hydrogen (secondary N) is 3. The van der Waals surface area contributed by atoms with E-state index in [0.29, 0.717) is 46.7 Å². The number of fused-ring (bicyclic) bond motifs is 2. The number of hydrogen-bond acceptors (Lipinski definition) is 4. The average molecular weight is 506 g/mol. The third-order valence-electron chi connectivity index (χ3n) is 5.98. The molecule has 36 heavy (non-hydrogen) atoms. The van der Waals surface area contributed by atoms with Gasteiger partial charge in [-0.1, -0.05) is 41.9 Å². The molecule has 0 unspecified atom stereocenters. The quantitative estimate of drug-likeness (QED) is 0.0754. The molecule has 0 fully saturated rings. The first-order chi connectivity index (χ1) is 17.3. The number of para-hydroxylation sites is 2. The molecule has 0 spiro atoms. The maximum atomic E-state index is 13.1. The number of amides is 2. The smallest absolute Gasteiger partial charge is 0.266 e. The lowest BCUT2D eigenvalue weighted by molar-refractivity contribution is -0.485. The number of nitro groups is 1. The Morgan fingerprint density at radius 2 is 1.81 bits per heavy atom. The van der Waals surface area contributed by atoms with Crippen LogP contribution in [0.3, 0.4) is 0 Å². The van der Waals surface area contributed by atoms with E-state index in [1.54, 1.807) is 24.5 Å². The molecular weight excluding hydrogens is 486 g/mol. The number of hydrogen-bond donors (Lipinski definition) is 4. The minimum Gasteiger partial charge on any atom is -0.365 e. The van der Waals surface area contributed by atoms with E-state index in [0.717, 1.165) is 16.3 Å². The topological polar surface area (TPSA) is 160 Å². The first-order valence-electron chi connectivity index (χ1n) is 11.0. The molecule has 0 aliphatic carbocycles. The molecule has 5 N–H and O–H groups in total. The number of hydrazone groups is 1.